The molecular formula is C14H16N6S. The second-order valence-corrected chi connectivity index (χ2v) is 6.52. The maximum atomic E-state index is 5.78. The Kier molecular flexibility index (Phi) is 3.21. The molecule has 0 saturated heterocycles. The first kappa shape index (κ1) is 13.7. The third-order valence-electron chi connectivity index (χ3n) is 2.92. The fraction of sp³-hybridized carbons (Fsp3) is 0.286. The van der Waals surface area contributed by atoms with Crippen LogP contribution in [0, 0.1) is 0 Å². The van der Waals surface area contributed by atoms with Gasteiger partial charge in [-0.15, -0.1) is 5.10 Å². The Labute approximate surface area is 126 Å². The molecule has 0 aliphatic heterocycles. The molecule has 2 heterocycles. The molecule has 0 aliphatic carbocycles. The lowest BCUT2D eigenvalue weighted by atomic mass is 9.96. The first-order valence-electron chi connectivity index (χ1n) is 6.55. The van der Waals surface area contributed by atoms with Crippen molar-refractivity contribution in [3.63, 3.8) is 0 Å². The summed E-state index contributed by atoms with van der Waals surface area (Å²) in [7, 11) is 0. The second kappa shape index (κ2) is 4.92. The number of hydrogen-bond acceptors (Lipinski definition) is 6. The van der Waals surface area contributed by atoms with E-state index in [1.54, 1.807) is 11.0 Å². The SMILES string of the molecule is CC(C)(C)c1nsc(-n2cnc(-c3cccc(N)c3)n2)n1. The van der Waals surface area contributed by atoms with Crippen molar-refractivity contribution in [2.75, 3.05) is 5.73 Å². The number of nitrogen functional groups attached to an aromatic ring is 1. The summed E-state index contributed by atoms with van der Waals surface area (Å²) in [6.45, 7) is 6.25. The molecule has 2 aromatic heterocycles. The molecule has 3 rings (SSSR count). The minimum Gasteiger partial charge on any atom is -0.399 e. The normalized spacial score (nSPS) is 11.8. The Bertz CT molecular complexity index is 768. The summed E-state index contributed by atoms with van der Waals surface area (Å²) in [6.07, 6.45) is 1.64. The van der Waals surface area contributed by atoms with Crippen molar-refractivity contribution in [1.82, 2.24) is 24.1 Å². The summed E-state index contributed by atoms with van der Waals surface area (Å²) in [5.41, 5.74) is 7.28. The molecule has 0 amide bonds. The zero-order chi connectivity index (χ0) is 15.0. The quantitative estimate of drug-likeness (QED) is 0.736. The highest BCUT2D eigenvalue weighted by molar-refractivity contribution is 7.08. The van der Waals surface area contributed by atoms with Gasteiger partial charge in [0.1, 0.15) is 12.2 Å². The van der Waals surface area contributed by atoms with Crippen LogP contribution in [0.15, 0.2) is 30.6 Å². The molecule has 108 valence electrons. The van der Waals surface area contributed by atoms with E-state index in [4.69, 9.17) is 5.73 Å². The molecule has 0 unspecified atom stereocenters. The summed E-state index contributed by atoms with van der Waals surface area (Å²) in [5, 5.41) is 5.16. The average molecular weight is 300 g/mol. The molecule has 21 heavy (non-hydrogen) atoms. The van der Waals surface area contributed by atoms with Crippen LogP contribution in [0.5, 0.6) is 0 Å². The van der Waals surface area contributed by atoms with Crippen LogP contribution in [-0.4, -0.2) is 24.1 Å². The predicted molar refractivity (Wildman–Crippen MR) is 83.4 cm³/mol. The van der Waals surface area contributed by atoms with Crippen molar-refractivity contribution in [2.24, 2.45) is 0 Å². The largest absolute Gasteiger partial charge is 0.399 e. The number of benzene rings is 1. The van der Waals surface area contributed by atoms with Gasteiger partial charge in [0.25, 0.3) is 0 Å². The molecule has 1 aromatic carbocycles. The third kappa shape index (κ3) is 2.78. The molecule has 0 saturated carbocycles. The van der Waals surface area contributed by atoms with E-state index in [2.05, 4.69) is 40.2 Å². The molecule has 0 radical (unpaired) electrons. The molecule has 0 bridgehead atoms. The van der Waals surface area contributed by atoms with Crippen molar-refractivity contribution < 1.29 is 0 Å². The maximum absolute atomic E-state index is 5.78. The van der Waals surface area contributed by atoms with Gasteiger partial charge in [-0.05, 0) is 12.1 Å². The van der Waals surface area contributed by atoms with Gasteiger partial charge < -0.3 is 5.73 Å². The van der Waals surface area contributed by atoms with Gasteiger partial charge in [-0.2, -0.15) is 9.06 Å². The summed E-state index contributed by atoms with van der Waals surface area (Å²) < 4.78 is 6.03. The van der Waals surface area contributed by atoms with E-state index in [1.165, 1.54) is 11.5 Å². The summed E-state index contributed by atoms with van der Waals surface area (Å²) in [6, 6.07) is 7.49. The molecule has 0 atom stereocenters. The first-order valence-corrected chi connectivity index (χ1v) is 7.33. The Morgan fingerprint density at radius 3 is 2.71 bits per heavy atom. The van der Waals surface area contributed by atoms with Crippen molar-refractivity contribution in [1.29, 1.82) is 0 Å². The van der Waals surface area contributed by atoms with Crippen molar-refractivity contribution in [3.05, 3.63) is 36.4 Å². The smallest absolute Gasteiger partial charge is 0.231 e. The standard InChI is InChI=1S/C14H16N6S/c1-14(2,3)12-17-13(21-19-12)20-8-16-11(18-20)9-5-4-6-10(15)7-9/h4-8H,15H2,1-3H3. The number of aromatic nitrogens is 5. The zero-order valence-corrected chi connectivity index (χ0v) is 12.9. The Hall–Kier alpha value is -2.28. The fourth-order valence-electron chi connectivity index (χ4n) is 1.78. The van der Waals surface area contributed by atoms with Gasteiger partial charge in [0.15, 0.2) is 5.82 Å². The highest BCUT2D eigenvalue weighted by Gasteiger charge is 2.20. The minimum atomic E-state index is -0.0773. The number of nitrogens with zero attached hydrogens (tertiary/aromatic N) is 5. The molecule has 2 N–H and O–H groups in total. The molecule has 6 nitrogen and oxygen atoms in total. The van der Waals surface area contributed by atoms with E-state index < -0.39 is 0 Å². The predicted octanol–water partition coefficient (Wildman–Crippen LogP) is 2.67. The van der Waals surface area contributed by atoms with Gasteiger partial charge in [0.05, 0.1) is 0 Å². The van der Waals surface area contributed by atoms with Crippen molar-refractivity contribution in [2.45, 2.75) is 26.2 Å². The number of hydrogen-bond donors (Lipinski definition) is 1. The van der Waals surface area contributed by atoms with E-state index in [9.17, 15) is 0 Å². The lowest BCUT2D eigenvalue weighted by Crippen LogP contribution is -2.13. The molecule has 3 aromatic rings. The van der Waals surface area contributed by atoms with Crippen LogP contribution in [0.2, 0.25) is 0 Å². The first-order chi connectivity index (χ1) is 9.93. The summed E-state index contributed by atoms with van der Waals surface area (Å²) in [4.78, 5) is 8.83. The monoisotopic (exact) mass is 300 g/mol. The van der Waals surface area contributed by atoms with Gasteiger partial charge >= 0.3 is 0 Å². The Morgan fingerprint density at radius 2 is 2.05 bits per heavy atom. The van der Waals surface area contributed by atoms with E-state index in [0.29, 0.717) is 16.6 Å². The zero-order valence-electron chi connectivity index (χ0n) is 12.1. The van der Waals surface area contributed by atoms with E-state index >= 15 is 0 Å². The maximum Gasteiger partial charge on any atom is 0.231 e. The lowest BCUT2D eigenvalue weighted by molar-refractivity contribution is 0.553. The average Bonchev–Trinajstić information content (AvgIpc) is 3.07. The van der Waals surface area contributed by atoms with Crippen LogP contribution in [0.3, 0.4) is 0 Å². The van der Waals surface area contributed by atoms with E-state index in [-0.39, 0.29) is 5.41 Å². The highest BCUT2D eigenvalue weighted by Crippen LogP contribution is 2.23. The molecular weight excluding hydrogens is 284 g/mol. The van der Waals surface area contributed by atoms with E-state index in [1.807, 2.05) is 24.3 Å². The number of nitrogens with two attached hydrogens (primary N) is 1. The van der Waals surface area contributed by atoms with Gasteiger partial charge in [-0.25, -0.2) is 9.97 Å². The fourth-order valence-corrected chi connectivity index (χ4v) is 2.56. The van der Waals surface area contributed by atoms with Crippen LogP contribution in [-0.2, 0) is 5.41 Å². The van der Waals surface area contributed by atoms with Crippen LogP contribution in [0.1, 0.15) is 26.6 Å². The van der Waals surface area contributed by atoms with Gasteiger partial charge in [0.2, 0.25) is 5.13 Å². The highest BCUT2D eigenvalue weighted by atomic mass is 32.1. The second-order valence-electron chi connectivity index (χ2n) is 5.79. The molecule has 0 spiro atoms. The third-order valence-corrected chi connectivity index (χ3v) is 3.62. The summed E-state index contributed by atoms with van der Waals surface area (Å²) in [5.74, 6) is 1.43. The Morgan fingerprint density at radius 1 is 1.24 bits per heavy atom. The van der Waals surface area contributed by atoms with E-state index in [0.717, 1.165) is 11.4 Å². The topological polar surface area (TPSA) is 82.5 Å². The van der Waals surface area contributed by atoms with Gasteiger partial charge in [-0.1, -0.05) is 32.9 Å². The Balaban J connectivity index is 1.93. The molecule has 0 aliphatic rings. The number of rotatable bonds is 2. The van der Waals surface area contributed by atoms with Crippen LogP contribution >= 0.6 is 11.5 Å². The molecule has 0 fully saturated rings. The van der Waals surface area contributed by atoms with Crippen LogP contribution < -0.4 is 5.73 Å². The minimum absolute atomic E-state index is 0.0773. The molecule has 7 heteroatoms. The van der Waals surface area contributed by atoms with Crippen LogP contribution in [0.25, 0.3) is 16.5 Å². The lowest BCUT2D eigenvalue weighted by Gasteiger charge is -2.11. The van der Waals surface area contributed by atoms with Crippen molar-refractivity contribution >= 4 is 17.2 Å². The van der Waals surface area contributed by atoms with Gasteiger partial charge in [0, 0.05) is 28.2 Å². The summed E-state index contributed by atoms with van der Waals surface area (Å²) >= 11 is 1.32. The van der Waals surface area contributed by atoms with Gasteiger partial charge in [-0.3, -0.25) is 0 Å². The van der Waals surface area contributed by atoms with Crippen LogP contribution in [0.4, 0.5) is 5.69 Å². The number of anilines is 1. The van der Waals surface area contributed by atoms with Crippen molar-refractivity contribution in [3.8, 4) is 16.5 Å².